The van der Waals surface area contributed by atoms with Crippen LogP contribution in [0.25, 0.3) is 5.70 Å². The van der Waals surface area contributed by atoms with Crippen LogP contribution < -0.4 is 14.8 Å². The molecule has 194 valence electrons. The van der Waals surface area contributed by atoms with Gasteiger partial charge in [-0.3, -0.25) is 4.79 Å². The van der Waals surface area contributed by atoms with Gasteiger partial charge in [0.05, 0.1) is 29.5 Å². The Morgan fingerprint density at radius 3 is 2.47 bits per heavy atom. The lowest BCUT2D eigenvalue weighted by Gasteiger charge is -2.29. The van der Waals surface area contributed by atoms with E-state index in [0.29, 0.717) is 51.6 Å². The second-order valence-corrected chi connectivity index (χ2v) is 10.1. The molecule has 1 atom stereocenters. The molecule has 1 N–H and O–H groups in total. The fourth-order valence-corrected chi connectivity index (χ4v) is 5.73. The lowest BCUT2D eigenvalue weighted by molar-refractivity contribution is -0.136. The number of hydrogen-bond donors (Lipinski definition) is 1. The van der Waals surface area contributed by atoms with Crippen molar-refractivity contribution in [2.75, 3.05) is 13.7 Å². The average molecular weight is 574 g/mol. The third kappa shape index (κ3) is 4.52. The monoisotopic (exact) mass is 573 g/mol. The number of benzene rings is 3. The minimum absolute atomic E-state index is 0.115. The van der Waals surface area contributed by atoms with E-state index in [1.54, 1.807) is 0 Å². The van der Waals surface area contributed by atoms with Crippen LogP contribution in [0.1, 0.15) is 52.4 Å². The highest BCUT2D eigenvalue weighted by molar-refractivity contribution is 9.10. The van der Waals surface area contributed by atoms with Crippen LogP contribution in [0.4, 0.5) is 0 Å². The predicted octanol–water partition coefficient (Wildman–Crippen LogP) is 6.48. The van der Waals surface area contributed by atoms with Crippen molar-refractivity contribution in [1.29, 1.82) is 0 Å². The Balaban J connectivity index is 1.62. The fraction of sp³-hybridized carbons (Fsp3) is 0.226. The summed E-state index contributed by atoms with van der Waals surface area (Å²) in [5.41, 5.74) is 6.60. The van der Waals surface area contributed by atoms with Crippen molar-refractivity contribution in [2.24, 2.45) is 0 Å². The molecule has 5 rings (SSSR count). The van der Waals surface area contributed by atoms with E-state index in [4.69, 9.17) is 14.2 Å². The number of fused-ring (bicyclic) bond motifs is 2. The number of carbonyl (C=O) groups excluding carboxylic acids is 2. The molecular formula is C31H28BrNO5. The van der Waals surface area contributed by atoms with Gasteiger partial charge in [-0.15, -0.1) is 0 Å². The number of aryl methyl sites for hydroxylation is 1. The highest BCUT2D eigenvalue weighted by Gasteiger charge is 2.43. The van der Waals surface area contributed by atoms with Crippen LogP contribution in [0.2, 0.25) is 0 Å². The van der Waals surface area contributed by atoms with Gasteiger partial charge in [0.2, 0.25) is 0 Å². The average Bonchev–Trinajstić information content (AvgIpc) is 3.18. The minimum Gasteiger partial charge on any atom is -0.490 e. The second-order valence-electron chi connectivity index (χ2n) is 9.29. The van der Waals surface area contributed by atoms with Gasteiger partial charge in [0.15, 0.2) is 17.3 Å². The van der Waals surface area contributed by atoms with Gasteiger partial charge < -0.3 is 19.5 Å². The van der Waals surface area contributed by atoms with Crippen molar-refractivity contribution in [1.82, 2.24) is 5.32 Å². The van der Waals surface area contributed by atoms with E-state index in [9.17, 15) is 9.59 Å². The van der Waals surface area contributed by atoms with E-state index < -0.39 is 11.9 Å². The van der Waals surface area contributed by atoms with E-state index in [2.05, 4.69) is 27.3 Å². The Bertz CT molecular complexity index is 1520. The van der Waals surface area contributed by atoms with Crippen molar-refractivity contribution in [3.05, 3.63) is 110 Å². The summed E-state index contributed by atoms with van der Waals surface area (Å²) in [5, 5.41) is 3.31. The number of ketones is 1. The first-order valence-corrected chi connectivity index (χ1v) is 13.2. The van der Waals surface area contributed by atoms with Crippen molar-refractivity contribution in [3.8, 4) is 11.5 Å². The minimum atomic E-state index is -0.653. The normalized spacial score (nSPS) is 16.1. The molecule has 0 fully saturated rings. The van der Waals surface area contributed by atoms with Crippen LogP contribution in [0.15, 0.2) is 82.0 Å². The smallest absolute Gasteiger partial charge is 0.336 e. The fourth-order valence-electron chi connectivity index (χ4n) is 5.16. The number of methoxy groups -OCH3 is 1. The molecule has 1 heterocycles. The van der Waals surface area contributed by atoms with E-state index in [1.165, 1.54) is 7.11 Å². The highest BCUT2D eigenvalue weighted by Crippen LogP contribution is 2.49. The first kappa shape index (κ1) is 25.8. The number of hydrogen-bond acceptors (Lipinski definition) is 6. The van der Waals surface area contributed by atoms with E-state index in [1.807, 2.05) is 75.4 Å². The van der Waals surface area contributed by atoms with Crippen LogP contribution in [-0.2, 0) is 16.1 Å². The summed E-state index contributed by atoms with van der Waals surface area (Å²) in [6.45, 7) is 6.55. The van der Waals surface area contributed by atoms with Crippen molar-refractivity contribution in [2.45, 2.75) is 33.3 Å². The number of esters is 1. The highest BCUT2D eigenvalue weighted by atomic mass is 79.9. The maximum Gasteiger partial charge on any atom is 0.336 e. The van der Waals surface area contributed by atoms with Gasteiger partial charge in [-0.2, -0.15) is 0 Å². The number of nitrogens with one attached hydrogen (secondary N) is 1. The zero-order chi connectivity index (χ0) is 27.0. The Hall–Kier alpha value is -3.84. The lowest BCUT2D eigenvalue weighted by atomic mass is 9.79. The molecule has 7 heteroatoms. The van der Waals surface area contributed by atoms with Crippen molar-refractivity contribution >= 4 is 33.4 Å². The molecule has 3 aromatic rings. The molecule has 0 aromatic heterocycles. The van der Waals surface area contributed by atoms with Gasteiger partial charge in [-0.1, -0.05) is 54.1 Å². The van der Waals surface area contributed by atoms with Gasteiger partial charge in [0, 0.05) is 28.3 Å². The van der Waals surface area contributed by atoms with Crippen LogP contribution in [-0.4, -0.2) is 25.5 Å². The number of ether oxygens (including phenoxy) is 3. The Labute approximate surface area is 230 Å². The number of halogens is 1. The molecule has 0 radical (unpaired) electrons. The van der Waals surface area contributed by atoms with E-state index in [0.717, 1.165) is 28.0 Å². The van der Waals surface area contributed by atoms with E-state index in [-0.39, 0.29) is 5.78 Å². The van der Waals surface area contributed by atoms with Crippen LogP contribution in [0.3, 0.4) is 0 Å². The first-order valence-electron chi connectivity index (χ1n) is 12.4. The molecule has 1 aliphatic heterocycles. The number of allylic oxidation sites excluding steroid dienone is 2. The summed E-state index contributed by atoms with van der Waals surface area (Å²) in [6, 6.07) is 19.3. The third-order valence-corrected chi connectivity index (χ3v) is 7.37. The summed E-state index contributed by atoms with van der Waals surface area (Å²) in [6.07, 6.45) is 0. The lowest BCUT2D eigenvalue weighted by Crippen LogP contribution is -2.29. The van der Waals surface area contributed by atoms with Gasteiger partial charge in [-0.05, 0) is 60.0 Å². The zero-order valence-electron chi connectivity index (χ0n) is 21.7. The van der Waals surface area contributed by atoms with Crippen molar-refractivity contribution < 1.29 is 23.8 Å². The molecule has 0 unspecified atom stereocenters. The third-order valence-electron chi connectivity index (χ3n) is 6.78. The van der Waals surface area contributed by atoms with Crippen LogP contribution >= 0.6 is 15.9 Å². The largest absolute Gasteiger partial charge is 0.490 e. The topological polar surface area (TPSA) is 73.9 Å². The first-order chi connectivity index (χ1) is 18.3. The molecule has 6 nitrogen and oxygen atoms in total. The van der Waals surface area contributed by atoms with Crippen LogP contribution in [0.5, 0.6) is 11.5 Å². The summed E-state index contributed by atoms with van der Waals surface area (Å²) in [5.74, 6) is -0.184. The van der Waals surface area contributed by atoms with Gasteiger partial charge in [-0.25, -0.2) is 4.79 Å². The number of rotatable bonds is 7. The van der Waals surface area contributed by atoms with Gasteiger partial charge in [0.25, 0.3) is 0 Å². The molecule has 2 aliphatic rings. The number of Topliss-reactive ketones (excluding diaryl/α,β-unsaturated/α-hetero) is 1. The maximum absolute atomic E-state index is 13.7. The summed E-state index contributed by atoms with van der Waals surface area (Å²) in [4.78, 5) is 26.7. The maximum atomic E-state index is 13.7. The molecule has 3 aromatic carbocycles. The molecule has 38 heavy (non-hydrogen) atoms. The predicted molar refractivity (Wildman–Crippen MR) is 149 cm³/mol. The standard InChI is InChI=1S/C31H28BrNO5/c1-5-37-24-15-20(14-23(32)30(24)38-16-19-10-8-9-17(2)13-19)26-25(31(35)36-4)18(3)33-28-21-11-6-7-12-22(21)29(34)27(26)28/h6-15,26,33H,5,16H2,1-4H3/t26-/m0/s1. The second kappa shape index (κ2) is 10.5. The number of dihydropyridines is 1. The quantitative estimate of drug-likeness (QED) is 0.326. The SMILES string of the molecule is CCOc1cc([C@H]2C(C(=O)OC)=C(C)NC3=C2C(=O)c2ccccc23)cc(Br)c1OCc1cccc(C)c1. The Kier molecular flexibility index (Phi) is 7.13. The van der Waals surface area contributed by atoms with Gasteiger partial charge >= 0.3 is 5.97 Å². The Morgan fingerprint density at radius 1 is 1.00 bits per heavy atom. The number of carbonyl (C=O) groups is 2. The molecule has 1 aliphatic carbocycles. The zero-order valence-corrected chi connectivity index (χ0v) is 23.3. The van der Waals surface area contributed by atoms with E-state index >= 15 is 0 Å². The molecular weight excluding hydrogens is 546 g/mol. The molecule has 0 saturated carbocycles. The van der Waals surface area contributed by atoms with Crippen molar-refractivity contribution in [3.63, 3.8) is 0 Å². The Morgan fingerprint density at radius 2 is 1.76 bits per heavy atom. The molecule has 0 bridgehead atoms. The molecule has 0 amide bonds. The molecule has 0 saturated heterocycles. The summed E-state index contributed by atoms with van der Waals surface area (Å²) in [7, 11) is 1.35. The van der Waals surface area contributed by atoms with Crippen LogP contribution in [0, 0.1) is 6.92 Å². The summed E-state index contributed by atoms with van der Waals surface area (Å²) < 4.78 is 18.0. The van der Waals surface area contributed by atoms with Gasteiger partial charge in [0.1, 0.15) is 6.61 Å². The molecule has 0 spiro atoms. The summed E-state index contributed by atoms with van der Waals surface area (Å²) >= 11 is 3.67.